The monoisotopic (exact) mass is 424 g/mol. The largest absolute Gasteiger partial charge is 0.465 e. The predicted octanol–water partition coefficient (Wildman–Crippen LogP) is 7.09. The van der Waals surface area contributed by atoms with E-state index in [1.165, 1.54) is 38.5 Å². The minimum atomic E-state index is -0.0697. The van der Waals surface area contributed by atoms with Crippen molar-refractivity contribution in [3.05, 3.63) is 0 Å². The van der Waals surface area contributed by atoms with Crippen LogP contribution in [0.15, 0.2) is 0 Å². The van der Waals surface area contributed by atoms with Crippen LogP contribution in [0, 0.1) is 23.7 Å². The summed E-state index contributed by atoms with van der Waals surface area (Å²) in [5.41, 5.74) is 0. The molecule has 0 radical (unpaired) electrons. The second kappa shape index (κ2) is 16.6. The lowest BCUT2D eigenvalue weighted by molar-refractivity contribution is -0.155. The zero-order chi connectivity index (χ0) is 22.2. The smallest absolute Gasteiger partial charge is 0.308 e. The highest BCUT2D eigenvalue weighted by atomic mass is 16.5. The number of hydrogen-bond donors (Lipinski definition) is 0. The van der Waals surface area contributed by atoms with Gasteiger partial charge in [0.2, 0.25) is 0 Å². The van der Waals surface area contributed by atoms with E-state index < -0.39 is 0 Å². The van der Waals surface area contributed by atoms with Gasteiger partial charge in [0.15, 0.2) is 0 Å². The van der Waals surface area contributed by atoms with Crippen LogP contribution in [0.1, 0.15) is 118 Å². The third kappa shape index (κ3) is 13.3. The molecule has 176 valence electrons. The Morgan fingerprint density at radius 2 is 0.933 bits per heavy atom. The van der Waals surface area contributed by atoms with Crippen LogP contribution >= 0.6 is 0 Å². The molecule has 0 N–H and O–H groups in total. The number of rotatable bonds is 16. The van der Waals surface area contributed by atoms with E-state index >= 15 is 0 Å². The minimum Gasteiger partial charge on any atom is -0.465 e. The average molecular weight is 425 g/mol. The third-order valence-electron chi connectivity index (χ3n) is 6.23. The molecule has 0 unspecified atom stereocenters. The van der Waals surface area contributed by atoms with Crippen molar-refractivity contribution < 1.29 is 19.1 Å². The maximum atomic E-state index is 12.3. The molecule has 0 saturated heterocycles. The molecular formula is C26H48O4. The summed E-state index contributed by atoms with van der Waals surface area (Å²) >= 11 is 0. The molecule has 4 heteroatoms. The Kier molecular flexibility index (Phi) is 14.9. The quantitative estimate of drug-likeness (QED) is 0.196. The zero-order valence-corrected chi connectivity index (χ0v) is 20.3. The zero-order valence-electron chi connectivity index (χ0n) is 20.3. The van der Waals surface area contributed by atoms with Crippen LogP contribution in [-0.2, 0) is 19.1 Å². The number of carbonyl (C=O) groups is 2. The standard InChI is InChI=1S/C26H48O4/c1-21(2)13-9-7-5-6-8-11-19-29-25(27)23-15-17-24(18-16-23)26(28)30-20-12-10-14-22(3)4/h21-24H,5-20H2,1-4H3. The molecule has 1 aliphatic rings. The second-order valence-corrected chi connectivity index (χ2v) is 10.1. The van der Waals surface area contributed by atoms with Crippen LogP contribution < -0.4 is 0 Å². The summed E-state index contributed by atoms with van der Waals surface area (Å²) in [6.07, 6.45) is 14.9. The van der Waals surface area contributed by atoms with Gasteiger partial charge in [0, 0.05) is 0 Å². The fourth-order valence-electron chi connectivity index (χ4n) is 4.16. The molecular weight excluding hydrogens is 376 g/mol. The Labute approximate surface area is 185 Å². The first-order chi connectivity index (χ1) is 14.4. The van der Waals surface area contributed by atoms with Crippen molar-refractivity contribution in [2.24, 2.45) is 23.7 Å². The van der Waals surface area contributed by atoms with Crippen LogP contribution in [0.5, 0.6) is 0 Å². The Bertz CT molecular complexity index is 450. The summed E-state index contributed by atoms with van der Waals surface area (Å²) in [7, 11) is 0. The van der Waals surface area contributed by atoms with Crippen LogP contribution in [0.2, 0.25) is 0 Å². The van der Waals surface area contributed by atoms with Gasteiger partial charge in [0.1, 0.15) is 0 Å². The van der Waals surface area contributed by atoms with E-state index in [9.17, 15) is 9.59 Å². The van der Waals surface area contributed by atoms with E-state index in [-0.39, 0.29) is 23.8 Å². The molecule has 0 heterocycles. The van der Waals surface area contributed by atoms with Crippen molar-refractivity contribution in [2.75, 3.05) is 13.2 Å². The number of ether oxygens (including phenoxy) is 2. The van der Waals surface area contributed by atoms with Crippen LogP contribution in [0.25, 0.3) is 0 Å². The van der Waals surface area contributed by atoms with Gasteiger partial charge < -0.3 is 9.47 Å². The summed E-state index contributed by atoms with van der Waals surface area (Å²) in [4.78, 5) is 24.5. The van der Waals surface area contributed by atoms with Crippen molar-refractivity contribution in [3.8, 4) is 0 Å². The average Bonchev–Trinajstić information content (AvgIpc) is 2.71. The molecule has 1 rings (SSSR count). The lowest BCUT2D eigenvalue weighted by atomic mass is 9.82. The van der Waals surface area contributed by atoms with Gasteiger partial charge in [0.25, 0.3) is 0 Å². The number of esters is 2. The first kappa shape index (κ1) is 27.0. The highest BCUT2D eigenvalue weighted by molar-refractivity contribution is 5.75. The summed E-state index contributed by atoms with van der Waals surface area (Å²) in [5.74, 6) is 1.32. The summed E-state index contributed by atoms with van der Waals surface area (Å²) < 4.78 is 10.9. The topological polar surface area (TPSA) is 52.6 Å². The molecule has 1 aliphatic carbocycles. The number of hydrogen-bond acceptors (Lipinski definition) is 4. The minimum absolute atomic E-state index is 0.0314. The van der Waals surface area contributed by atoms with E-state index in [0.29, 0.717) is 19.1 Å². The van der Waals surface area contributed by atoms with E-state index in [0.717, 1.165) is 57.3 Å². The van der Waals surface area contributed by atoms with Crippen molar-refractivity contribution >= 4 is 11.9 Å². The third-order valence-corrected chi connectivity index (χ3v) is 6.23. The molecule has 0 atom stereocenters. The second-order valence-electron chi connectivity index (χ2n) is 10.1. The van der Waals surface area contributed by atoms with Crippen LogP contribution in [0.4, 0.5) is 0 Å². The first-order valence-electron chi connectivity index (χ1n) is 12.7. The summed E-state index contributed by atoms with van der Waals surface area (Å²) in [6, 6.07) is 0. The fraction of sp³-hybridized carbons (Fsp3) is 0.923. The molecule has 30 heavy (non-hydrogen) atoms. The molecule has 0 amide bonds. The molecule has 1 fully saturated rings. The molecule has 0 aromatic heterocycles. The van der Waals surface area contributed by atoms with Crippen molar-refractivity contribution in [1.29, 1.82) is 0 Å². The van der Waals surface area contributed by atoms with Gasteiger partial charge in [-0.3, -0.25) is 9.59 Å². The Balaban J connectivity index is 2.01. The van der Waals surface area contributed by atoms with Gasteiger partial charge in [-0.25, -0.2) is 0 Å². The van der Waals surface area contributed by atoms with Gasteiger partial charge in [0.05, 0.1) is 25.0 Å². The van der Waals surface area contributed by atoms with E-state index in [4.69, 9.17) is 9.47 Å². The van der Waals surface area contributed by atoms with Crippen molar-refractivity contribution in [2.45, 2.75) is 118 Å². The molecule has 0 aromatic carbocycles. The van der Waals surface area contributed by atoms with Crippen molar-refractivity contribution in [3.63, 3.8) is 0 Å². The molecule has 0 aliphatic heterocycles. The molecule has 0 bridgehead atoms. The van der Waals surface area contributed by atoms with E-state index in [1.54, 1.807) is 0 Å². The van der Waals surface area contributed by atoms with Crippen LogP contribution in [-0.4, -0.2) is 25.2 Å². The Hall–Kier alpha value is -1.06. The Morgan fingerprint density at radius 3 is 1.37 bits per heavy atom. The number of carbonyl (C=O) groups excluding carboxylic acids is 2. The van der Waals surface area contributed by atoms with Crippen LogP contribution in [0.3, 0.4) is 0 Å². The molecule has 1 saturated carbocycles. The van der Waals surface area contributed by atoms with Gasteiger partial charge in [-0.05, 0) is 56.8 Å². The van der Waals surface area contributed by atoms with Gasteiger partial charge in [-0.1, -0.05) is 72.6 Å². The molecule has 4 nitrogen and oxygen atoms in total. The lowest BCUT2D eigenvalue weighted by Crippen LogP contribution is -2.28. The Morgan fingerprint density at radius 1 is 0.600 bits per heavy atom. The maximum absolute atomic E-state index is 12.3. The maximum Gasteiger partial charge on any atom is 0.308 e. The van der Waals surface area contributed by atoms with E-state index in [2.05, 4.69) is 27.7 Å². The summed E-state index contributed by atoms with van der Waals surface area (Å²) in [5, 5.41) is 0. The summed E-state index contributed by atoms with van der Waals surface area (Å²) in [6.45, 7) is 10.1. The lowest BCUT2D eigenvalue weighted by Gasteiger charge is -2.26. The number of unbranched alkanes of at least 4 members (excludes halogenated alkanes) is 6. The molecule has 0 aromatic rings. The fourth-order valence-corrected chi connectivity index (χ4v) is 4.16. The van der Waals surface area contributed by atoms with E-state index in [1.807, 2.05) is 0 Å². The van der Waals surface area contributed by atoms with Gasteiger partial charge in [-0.2, -0.15) is 0 Å². The molecule has 0 spiro atoms. The highest BCUT2D eigenvalue weighted by Crippen LogP contribution is 2.30. The van der Waals surface area contributed by atoms with Gasteiger partial charge >= 0.3 is 11.9 Å². The van der Waals surface area contributed by atoms with Crippen molar-refractivity contribution in [1.82, 2.24) is 0 Å². The predicted molar refractivity (Wildman–Crippen MR) is 123 cm³/mol. The first-order valence-corrected chi connectivity index (χ1v) is 12.7. The van der Waals surface area contributed by atoms with Gasteiger partial charge in [-0.15, -0.1) is 0 Å². The highest BCUT2D eigenvalue weighted by Gasteiger charge is 2.31. The normalized spacial score (nSPS) is 19.3. The SMILES string of the molecule is CC(C)CCCCCCCCOC(=O)C1CCC(C(=O)OCCCCC(C)C)CC1.